The van der Waals surface area contributed by atoms with Crippen LogP contribution in [0.15, 0.2) is 0 Å². The summed E-state index contributed by atoms with van der Waals surface area (Å²) in [7, 11) is 0. The maximum atomic E-state index is 6.09. The molecule has 0 spiro atoms. The molecule has 1 saturated carbocycles. The number of rotatable bonds is 4. The zero-order valence-electron chi connectivity index (χ0n) is 11.1. The van der Waals surface area contributed by atoms with Crippen molar-refractivity contribution in [3.8, 4) is 0 Å². The van der Waals surface area contributed by atoms with Crippen molar-refractivity contribution in [3.63, 3.8) is 0 Å². The fraction of sp³-hybridized carbons (Fsp3) is 1.00. The van der Waals surface area contributed by atoms with Crippen molar-refractivity contribution < 1.29 is 4.74 Å². The molecule has 1 nitrogen and oxygen atoms in total. The Morgan fingerprint density at radius 3 is 2.33 bits per heavy atom. The van der Waals surface area contributed by atoms with E-state index in [-0.39, 0.29) is 0 Å². The van der Waals surface area contributed by atoms with Crippen LogP contribution in [0.1, 0.15) is 53.9 Å². The maximum Gasteiger partial charge on any atom is 0.0608 e. The molecule has 0 bridgehead atoms. The second-order valence-electron chi connectivity index (χ2n) is 6.09. The van der Waals surface area contributed by atoms with Crippen molar-refractivity contribution in [2.45, 2.75) is 60.0 Å². The lowest BCUT2D eigenvalue weighted by Crippen LogP contribution is -2.35. The summed E-state index contributed by atoms with van der Waals surface area (Å²) in [4.78, 5) is 0. The van der Waals surface area contributed by atoms with Crippen LogP contribution in [-0.4, -0.2) is 12.7 Å². The van der Waals surface area contributed by atoms with Crippen LogP contribution in [0.4, 0.5) is 0 Å². The number of hydrogen-bond donors (Lipinski definition) is 0. The van der Waals surface area contributed by atoms with Gasteiger partial charge in [0.05, 0.1) is 6.10 Å². The Labute approximate surface area is 95.6 Å². The van der Waals surface area contributed by atoms with Crippen LogP contribution < -0.4 is 0 Å². The third-order valence-electron chi connectivity index (χ3n) is 3.60. The topological polar surface area (TPSA) is 9.23 Å². The largest absolute Gasteiger partial charge is 0.378 e. The van der Waals surface area contributed by atoms with Gasteiger partial charge in [-0.15, -0.1) is 0 Å². The van der Waals surface area contributed by atoms with Crippen molar-refractivity contribution >= 4 is 0 Å². The van der Waals surface area contributed by atoms with E-state index in [1.807, 2.05) is 0 Å². The predicted molar refractivity (Wildman–Crippen MR) is 65.9 cm³/mol. The Bertz CT molecular complexity index is 174. The first-order valence-corrected chi connectivity index (χ1v) is 6.62. The molecule has 0 amide bonds. The van der Waals surface area contributed by atoms with Crippen molar-refractivity contribution in [3.05, 3.63) is 0 Å². The smallest absolute Gasteiger partial charge is 0.0608 e. The number of hydrogen-bond acceptors (Lipinski definition) is 1. The van der Waals surface area contributed by atoms with Gasteiger partial charge in [0.25, 0.3) is 0 Å². The van der Waals surface area contributed by atoms with Gasteiger partial charge >= 0.3 is 0 Å². The van der Waals surface area contributed by atoms with E-state index in [1.54, 1.807) is 0 Å². The van der Waals surface area contributed by atoms with Gasteiger partial charge in [-0.05, 0) is 36.5 Å². The standard InChI is InChI=1S/C14H28O/c1-10(2)9-15-14-8-12(5)6-7-13(14)11(3)4/h10-14H,6-9H2,1-5H3/t12-,13+,14-/m1/s1. The Morgan fingerprint density at radius 2 is 1.80 bits per heavy atom. The Kier molecular flexibility index (Phi) is 5.11. The summed E-state index contributed by atoms with van der Waals surface area (Å²) in [5, 5.41) is 0. The SMILES string of the molecule is CC(C)CO[C@@H]1C[C@H](C)CC[C@H]1C(C)C. The predicted octanol–water partition coefficient (Wildman–Crippen LogP) is 4.12. The van der Waals surface area contributed by atoms with Gasteiger partial charge in [0.2, 0.25) is 0 Å². The molecule has 0 aromatic carbocycles. The zero-order valence-corrected chi connectivity index (χ0v) is 11.1. The van der Waals surface area contributed by atoms with Gasteiger partial charge in [0.15, 0.2) is 0 Å². The molecular formula is C14H28O. The molecule has 0 heterocycles. The highest BCUT2D eigenvalue weighted by atomic mass is 16.5. The van der Waals surface area contributed by atoms with Crippen LogP contribution >= 0.6 is 0 Å². The van der Waals surface area contributed by atoms with Gasteiger partial charge in [-0.3, -0.25) is 0 Å². The van der Waals surface area contributed by atoms with Crippen LogP contribution in [0.25, 0.3) is 0 Å². The second-order valence-corrected chi connectivity index (χ2v) is 6.09. The van der Waals surface area contributed by atoms with E-state index in [1.165, 1.54) is 19.3 Å². The summed E-state index contributed by atoms with van der Waals surface area (Å²) < 4.78 is 6.09. The van der Waals surface area contributed by atoms with E-state index in [9.17, 15) is 0 Å². The van der Waals surface area contributed by atoms with Crippen LogP contribution in [0, 0.1) is 23.7 Å². The lowest BCUT2D eigenvalue weighted by atomic mass is 9.75. The molecule has 1 rings (SSSR count). The zero-order chi connectivity index (χ0) is 11.4. The summed E-state index contributed by atoms with van der Waals surface area (Å²) in [6.07, 6.45) is 4.55. The molecule has 1 aliphatic carbocycles. The van der Waals surface area contributed by atoms with Gasteiger partial charge in [0.1, 0.15) is 0 Å². The molecule has 90 valence electrons. The van der Waals surface area contributed by atoms with Crippen molar-refractivity contribution in [2.75, 3.05) is 6.61 Å². The summed E-state index contributed by atoms with van der Waals surface area (Å²) >= 11 is 0. The van der Waals surface area contributed by atoms with Crippen LogP contribution in [0.5, 0.6) is 0 Å². The monoisotopic (exact) mass is 212 g/mol. The first-order chi connectivity index (χ1) is 7.00. The molecule has 3 atom stereocenters. The van der Waals surface area contributed by atoms with E-state index >= 15 is 0 Å². The van der Waals surface area contributed by atoms with Crippen LogP contribution in [0.3, 0.4) is 0 Å². The summed E-state index contributed by atoms with van der Waals surface area (Å²) in [6, 6.07) is 0. The molecule has 0 N–H and O–H groups in total. The highest BCUT2D eigenvalue weighted by molar-refractivity contribution is 4.81. The average Bonchev–Trinajstić information content (AvgIpc) is 2.14. The molecule has 1 aliphatic rings. The Morgan fingerprint density at radius 1 is 1.13 bits per heavy atom. The Balaban J connectivity index is 2.46. The van der Waals surface area contributed by atoms with Gasteiger partial charge in [0, 0.05) is 6.61 Å². The van der Waals surface area contributed by atoms with Gasteiger partial charge in [-0.25, -0.2) is 0 Å². The fourth-order valence-corrected chi connectivity index (χ4v) is 2.62. The lowest BCUT2D eigenvalue weighted by Gasteiger charge is -2.37. The molecule has 0 unspecified atom stereocenters. The summed E-state index contributed by atoms with van der Waals surface area (Å²) in [6.45, 7) is 12.4. The molecular weight excluding hydrogens is 184 g/mol. The third-order valence-corrected chi connectivity index (χ3v) is 3.60. The van der Waals surface area contributed by atoms with Crippen molar-refractivity contribution in [1.82, 2.24) is 0 Å². The minimum Gasteiger partial charge on any atom is -0.378 e. The first kappa shape index (κ1) is 13.0. The maximum absolute atomic E-state index is 6.09. The molecule has 0 aromatic heterocycles. The average molecular weight is 212 g/mol. The van der Waals surface area contributed by atoms with E-state index in [0.717, 1.165) is 24.4 Å². The molecule has 1 heteroatoms. The van der Waals surface area contributed by atoms with Gasteiger partial charge in [-0.2, -0.15) is 0 Å². The lowest BCUT2D eigenvalue weighted by molar-refractivity contribution is -0.0476. The molecule has 15 heavy (non-hydrogen) atoms. The van der Waals surface area contributed by atoms with Crippen molar-refractivity contribution in [1.29, 1.82) is 0 Å². The molecule has 0 saturated heterocycles. The van der Waals surface area contributed by atoms with Crippen LogP contribution in [0.2, 0.25) is 0 Å². The van der Waals surface area contributed by atoms with Gasteiger partial charge < -0.3 is 4.74 Å². The molecule has 0 aliphatic heterocycles. The highest BCUT2D eigenvalue weighted by Crippen LogP contribution is 2.35. The quantitative estimate of drug-likeness (QED) is 0.681. The number of ether oxygens (including phenoxy) is 1. The summed E-state index contributed by atoms with van der Waals surface area (Å²) in [5.74, 6) is 3.09. The molecule has 0 aromatic rings. The van der Waals surface area contributed by atoms with E-state index < -0.39 is 0 Å². The fourth-order valence-electron chi connectivity index (χ4n) is 2.62. The minimum absolute atomic E-state index is 0.524. The van der Waals surface area contributed by atoms with E-state index in [2.05, 4.69) is 34.6 Å². The second kappa shape index (κ2) is 5.89. The van der Waals surface area contributed by atoms with Crippen molar-refractivity contribution in [2.24, 2.45) is 23.7 Å². The first-order valence-electron chi connectivity index (χ1n) is 6.62. The third kappa shape index (κ3) is 4.14. The van der Waals surface area contributed by atoms with Gasteiger partial charge in [-0.1, -0.05) is 41.0 Å². The minimum atomic E-state index is 0.524. The summed E-state index contributed by atoms with van der Waals surface area (Å²) in [5.41, 5.74) is 0. The van der Waals surface area contributed by atoms with E-state index in [0.29, 0.717) is 12.0 Å². The Hall–Kier alpha value is -0.0400. The molecule has 1 fully saturated rings. The normalized spacial score (nSPS) is 32.6. The highest BCUT2D eigenvalue weighted by Gasteiger charge is 2.31. The molecule has 0 radical (unpaired) electrons. The van der Waals surface area contributed by atoms with E-state index in [4.69, 9.17) is 4.74 Å². The van der Waals surface area contributed by atoms with Crippen LogP contribution in [-0.2, 0) is 4.74 Å².